The Balaban J connectivity index is 2.90. The zero-order chi connectivity index (χ0) is 15.6. The highest BCUT2D eigenvalue weighted by Gasteiger charge is 2.19. The van der Waals surface area contributed by atoms with Crippen molar-refractivity contribution < 1.29 is 13.2 Å². The summed E-state index contributed by atoms with van der Waals surface area (Å²) < 4.78 is 26.5. The largest absolute Gasteiger partial charge is 0.345 e. The molecule has 0 unspecified atom stereocenters. The molecule has 0 fully saturated rings. The maximum absolute atomic E-state index is 12.0. The first-order chi connectivity index (χ1) is 9.03. The minimum absolute atomic E-state index is 0.108. The van der Waals surface area contributed by atoms with E-state index in [0.717, 1.165) is 0 Å². The highest BCUT2D eigenvalue weighted by molar-refractivity contribution is 7.89. The Morgan fingerprint density at radius 1 is 1.25 bits per heavy atom. The highest BCUT2D eigenvalue weighted by Crippen LogP contribution is 2.12. The molecule has 6 nitrogen and oxygen atoms in total. The fourth-order valence-corrected chi connectivity index (χ4v) is 2.62. The lowest BCUT2D eigenvalue weighted by atomic mass is 10.1. The van der Waals surface area contributed by atoms with Crippen LogP contribution in [0.1, 0.15) is 24.2 Å². The van der Waals surface area contributed by atoms with Crippen LogP contribution < -0.4 is 10.5 Å². The second kappa shape index (κ2) is 5.90. The van der Waals surface area contributed by atoms with Gasteiger partial charge in [-0.15, -0.1) is 0 Å². The third-order valence-electron chi connectivity index (χ3n) is 2.54. The fraction of sp³-hybridized carbons (Fsp3) is 0.462. The number of hydrogen-bond donors (Lipinski definition) is 2. The van der Waals surface area contributed by atoms with Gasteiger partial charge in [0.1, 0.15) is 0 Å². The molecule has 0 aromatic heterocycles. The van der Waals surface area contributed by atoms with Gasteiger partial charge in [0.25, 0.3) is 5.91 Å². The molecule has 0 aliphatic carbocycles. The zero-order valence-corrected chi connectivity index (χ0v) is 13.0. The number of carbonyl (C=O) groups is 1. The van der Waals surface area contributed by atoms with Crippen LogP contribution in [0.3, 0.4) is 0 Å². The fourth-order valence-electron chi connectivity index (χ4n) is 1.40. The van der Waals surface area contributed by atoms with Crippen LogP contribution in [-0.2, 0) is 10.0 Å². The summed E-state index contributed by atoms with van der Waals surface area (Å²) >= 11 is 0. The summed E-state index contributed by atoms with van der Waals surface area (Å²) in [6.07, 6.45) is 0. The minimum atomic E-state index is -3.61. The van der Waals surface area contributed by atoms with Crippen molar-refractivity contribution >= 4 is 15.9 Å². The van der Waals surface area contributed by atoms with E-state index in [-0.39, 0.29) is 17.3 Å². The lowest BCUT2D eigenvalue weighted by molar-refractivity contribution is 0.0827. The number of benzene rings is 1. The van der Waals surface area contributed by atoms with Crippen molar-refractivity contribution in [3.05, 3.63) is 29.8 Å². The standard InChI is InChI=1S/C13H21N3O3S/c1-13(2,14)9-15-20(18,19)11-7-5-10(6-8-11)12(17)16(3)4/h5-8,15H,9,14H2,1-4H3. The van der Waals surface area contributed by atoms with Gasteiger partial charge in [-0.2, -0.15) is 0 Å². The molecule has 0 saturated heterocycles. The Labute approximate surface area is 120 Å². The van der Waals surface area contributed by atoms with Crippen LogP contribution in [0.5, 0.6) is 0 Å². The Morgan fingerprint density at radius 3 is 2.15 bits per heavy atom. The number of hydrogen-bond acceptors (Lipinski definition) is 4. The molecule has 0 spiro atoms. The van der Waals surface area contributed by atoms with Crippen molar-refractivity contribution in [3.8, 4) is 0 Å². The monoisotopic (exact) mass is 299 g/mol. The molecule has 1 amide bonds. The van der Waals surface area contributed by atoms with Crippen LogP contribution in [0.25, 0.3) is 0 Å². The van der Waals surface area contributed by atoms with Crippen molar-refractivity contribution in [2.45, 2.75) is 24.3 Å². The van der Waals surface area contributed by atoms with E-state index >= 15 is 0 Å². The van der Waals surface area contributed by atoms with Gasteiger partial charge >= 0.3 is 0 Å². The minimum Gasteiger partial charge on any atom is -0.345 e. The second-order valence-corrected chi connectivity index (χ2v) is 7.30. The Bertz CT molecular complexity index is 572. The second-order valence-electron chi connectivity index (χ2n) is 5.54. The van der Waals surface area contributed by atoms with Gasteiger partial charge < -0.3 is 10.6 Å². The number of amides is 1. The molecule has 112 valence electrons. The molecule has 0 radical (unpaired) electrons. The molecule has 0 aliphatic heterocycles. The molecule has 0 bridgehead atoms. The highest BCUT2D eigenvalue weighted by atomic mass is 32.2. The van der Waals surface area contributed by atoms with E-state index in [1.807, 2.05) is 0 Å². The zero-order valence-electron chi connectivity index (χ0n) is 12.2. The molecule has 1 aromatic rings. The maximum Gasteiger partial charge on any atom is 0.253 e. The molecule has 7 heteroatoms. The summed E-state index contributed by atoms with van der Waals surface area (Å²) in [6.45, 7) is 3.59. The van der Waals surface area contributed by atoms with Crippen LogP contribution in [0, 0.1) is 0 Å². The van der Waals surface area contributed by atoms with Crippen LogP contribution in [0.4, 0.5) is 0 Å². The van der Waals surface area contributed by atoms with Crippen molar-refractivity contribution in [2.24, 2.45) is 5.73 Å². The average molecular weight is 299 g/mol. The topological polar surface area (TPSA) is 92.5 Å². The number of rotatable bonds is 5. The van der Waals surface area contributed by atoms with Gasteiger partial charge in [0.2, 0.25) is 10.0 Å². The summed E-state index contributed by atoms with van der Waals surface area (Å²) in [6, 6.07) is 5.79. The normalized spacial score (nSPS) is 12.2. The number of nitrogens with one attached hydrogen (secondary N) is 1. The van der Waals surface area contributed by atoms with E-state index in [1.165, 1.54) is 29.2 Å². The molecule has 0 saturated carbocycles. The van der Waals surface area contributed by atoms with Gasteiger partial charge in [-0.3, -0.25) is 4.79 Å². The quantitative estimate of drug-likeness (QED) is 0.823. The lowest BCUT2D eigenvalue weighted by Gasteiger charge is -2.19. The van der Waals surface area contributed by atoms with Crippen molar-refractivity contribution in [3.63, 3.8) is 0 Å². The van der Waals surface area contributed by atoms with Crippen LogP contribution in [-0.4, -0.2) is 45.4 Å². The van der Waals surface area contributed by atoms with E-state index in [0.29, 0.717) is 5.56 Å². The predicted octanol–water partition coefficient (Wildman–Crippen LogP) is 0.404. The molecule has 3 N–H and O–H groups in total. The van der Waals surface area contributed by atoms with Crippen molar-refractivity contribution in [1.82, 2.24) is 9.62 Å². The van der Waals surface area contributed by atoms with E-state index in [9.17, 15) is 13.2 Å². The number of nitrogens with two attached hydrogens (primary N) is 1. The molecular formula is C13H21N3O3S. The lowest BCUT2D eigenvalue weighted by Crippen LogP contribution is -2.45. The number of nitrogens with zero attached hydrogens (tertiary/aromatic N) is 1. The first-order valence-corrected chi connectivity index (χ1v) is 7.61. The molecular weight excluding hydrogens is 278 g/mol. The van der Waals surface area contributed by atoms with E-state index in [4.69, 9.17) is 5.73 Å². The first-order valence-electron chi connectivity index (χ1n) is 6.13. The molecule has 1 aromatic carbocycles. The smallest absolute Gasteiger partial charge is 0.253 e. The number of sulfonamides is 1. The molecule has 0 aliphatic rings. The van der Waals surface area contributed by atoms with Crippen LogP contribution >= 0.6 is 0 Å². The summed E-state index contributed by atoms with van der Waals surface area (Å²) in [7, 11) is -0.338. The van der Waals surface area contributed by atoms with Crippen molar-refractivity contribution in [1.29, 1.82) is 0 Å². The van der Waals surface area contributed by atoms with Crippen LogP contribution in [0.2, 0.25) is 0 Å². The maximum atomic E-state index is 12.0. The Hall–Kier alpha value is -1.44. The van der Waals surface area contributed by atoms with Gasteiger partial charge in [-0.1, -0.05) is 0 Å². The average Bonchev–Trinajstić information content (AvgIpc) is 2.35. The molecule has 1 rings (SSSR count). The van der Waals surface area contributed by atoms with E-state index < -0.39 is 15.6 Å². The van der Waals surface area contributed by atoms with E-state index in [1.54, 1.807) is 27.9 Å². The van der Waals surface area contributed by atoms with Gasteiger partial charge in [-0.25, -0.2) is 13.1 Å². The van der Waals surface area contributed by atoms with Gasteiger partial charge in [-0.05, 0) is 38.1 Å². The SMILES string of the molecule is CN(C)C(=O)c1ccc(S(=O)(=O)NCC(C)(C)N)cc1. The summed E-state index contributed by atoms with van der Waals surface area (Å²) in [5.41, 5.74) is 5.55. The van der Waals surface area contributed by atoms with Gasteiger partial charge in [0, 0.05) is 31.7 Å². The Morgan fingerprint density at radius 2 is 1.75 bits per heavy atom. The molecule has 20 heavy (non-hydrogen) atoms. The van der Waals surface area contributed by atoms with Crippen molar-refractivity contribution in [2.75, 3.05) is 20.6 Å². The van der Waals surface area contributed by atoms with Gasteiger partial charge in [0.15, 0.2) is 0 Å². The summed E-state index contributed by atoms with van der Waals surface area (Å²) in [5, 5.41) is 0. The first kappa shape index (κ1) is 16.6. The van der Waals surface area contributed by atoms with Gasteiger partial charge in [0.05, 0.1) is 4.90 Å². The number of carbonyl (C=O) groups excluding carboxylic acids is 1. The molecule has 0 atom stereocenters. The molecule has 0 heterocycles. The summed E-state index contributed by atoms with van der Waals surface area (Å²) in [4.78, 5) is 13.2. The predicted molar refractivity (Wildman–Crippen MR) is 77.9 cm³/mol. The Kier molecular flexibility index (Phi) is 4.90. The third kappa shape index (κ3) is 4.59. The third-order valence-corrected chi connectivity index (χ3v) is 3.95. The van der Waals surface area contributed by atoms with Crippen LogP contribution in [0.15, 0.2) is 29.2 Å². The van der Waals surface area contributed by atoms with E-state index in [2.05, 4.69) is 4.72 Å². The summed E-state index contributed by atoms with van der Waals surface area (Å²) in [5.74, 6) is -0.176.